The molecule has 0 fully saturated rings. The Labute approximate surface area is 340 Å². The van der Waals surface area contributed by atoms with Crippen molar-refractivity contribution in [3.8, 4) is 23.0 Å². The first-order valence-corrected chi connectivity index (χ1v) is 21.7. The highest BCUT2D eigenvalue weighted by Crippen LogP contribution is 2.66. The molecule has 0 saturated carbocycles. The highest BCUT2D eigenvalue weighted by molar-refractivity contribution is 7.93. The van der Waals surface area contributed by atoms with Crippen molar-refractivity contribution in [3.05, 3.63) is 166 Å². The fraction of sp³-hybridized carbons (Fsp3) is 0.217. The van der Waals surface area contributed by atoms with Gasteiger partial charge in [-0.05, 0) is 102 Å². The smallest absolute Gasteiger partial charge is 0.264 e. The maximum Gasteiger partial charge on any atom is 0.264 e. The van der Waals surface area contributed by atoms with E-state index in [9.17, 15) is 8.42 Å². The minimum atomic E-state index is -4.27. The quantitative estimate of drug-likeness (QED) is 0.138. The molecule has 10 nitrogen and oxygen atoms in total. The Morgan fingerprint density at radius 1 is 0.517 bits per heavy atom. The molecule has 1 aliphatic carbocycles. The van der Waals surface area contributed by atoms with Gasteiger partial charge in [0.05, 0.1) is 55.6 Å². The Balaban J connectivity index is 1.47. The average Bonchev–Trinajstić information content (AvgIpc) is 3.23. The van der Waals surface area contributed by atoms with Crippen molar-refractivity contribution in [2.75, 3.05) is 37.5 Å². The van der Waals surface area contributed by atoms with Gasteiger partial charge in [0.15, 0.2) is 23.0 Å². The van der Waals surface area contributed by atoms with Gasteiger partial charge in [-0.15, -0.1) is 0 Å². The highest BCUT2D eigenvalue weighted by atomic mass is 32.2. The summed E-state index contributed by atoms with van der Waals surface area (Å²) in [6, 6.07) is 37.0. The summed E-state index contributed by atoms with van der Waals surface area (Å²) in [4.78, 5) is 0.235. The number of aryl methyl sites for hydroxylation is 2. The van der Waals surface area contributed by atoms with Crippen LogP contribution in [0.3, 0.4) is 0 Å². The number of para-hydroxylation sites is 2. The van der Waals surface area contributed by atoms with Crippen molar-refractivity contribution in [3.63, 3.8) is 0 Å². The first-order chi connectivity index (χ1) is 27.9. The molecule has 0 amide bonds. The fourth-order valence-corrected chi connectivity index (χ4v) is 11.5. The second-order valence-corrected chi connectivity index (χ2v) is 18.1. The van der Waals surface area contributed by atoms with Gasteiger partial charge < -0.3 is 18.9 Å². The summed E-state index contributed by atoms with van der Waals surface area (Å²) in [5.74, 6) is 0.456. The van der Waals surface area contributed by atoms with Gasteiger partial charge in [-0.3, -0.25) is 9.03 Å². The Bertz CT molecular complexity index is 2740. The molecule has 0 unspecified atom stereocenters. The third kappa shape index (κ3) is 6.50. The van der Waals surface area contributed by atoms with Gasteiger partial charge >= 0.3 is 0 Å². The van der Waals surface area contributed by atoms with E-state index in [4.69, 9.17) is 18.9 Å². The zero-order valence-corrected chi connectivity index (χ0v) is 34.6. The molecule has 8 rings (SSSR count). The Kier molecular flexibility index (Phi) is 10.1. The molecule has 6 aromatic rings. The summed E-state index contributed by atoms with van der Waals surface area (Å²) in [6.45, 7) is 3.81. The molecule has 1 heterocycles. The zero-order chi connectivity index (χ0) is 40.9. The van der Waals surface area contributed by atoms with Gasteiger partial charge in [0, 0.05) is 17.8 Å². The van der Waals surface area contributed by atoms with E-state index in [1.807, 2.05) is 80.6 Å². The molecule has 298 valence electrons. The first-order valence-electron chi connectivity index (χ1n) is 18.8. The van der Waals surface area contributed by atoms with Crippen molar-refractivity contribution in [1.29, 1.82) is 0 Å². The number of sulfonamides is 2. The monoisotopic (exact) mass is 816 g/mol. The van der Waals surface area contributed by atoms with Crippen LogP contribution in [0.25, 0.3) is 0 Å². The zero-order valence-electron chi connectivity index (χ0n) is 33.0. The first kappa shape index (κ1) is 38.9. The van der Waals surface area contributed by atoms with E-state index in [1.54, 1.807) is 89.1 Å². The van der Waals surface area contributed by atoms with Gasteiger partial charge in [0.25, 0.3) is 20.0 Å². The molecule has 2 bridgehead atoms. The van der Waals surface area contributed by atoms with E-state index in [0.29, 0.717) is 45.5 Å². The van der Waals surface area contributed by atoms with Crippen LogP contribution < -0.4 is 28.0 Å². The number of anilines is 2. The number of ether oxygens (including phenoxy) is 4. The number of benzene rings is 6. The van der Waals surface area contributed by atoms with Crippen LogP contribution in [-0.2, 0) is 20.0 Å². The SMILES string of the molecule is COc1ccc([C@@H]2c3cc(OC)c(OC)cc3[C@@H]3[C@@H](c4ccccc4NS(=O)(=O)c4ccc(C)cc4)[C@H]2c2ccccc2N3S(=O)(=O)c2ccc(C)cc2)cc1OC. The molecular formula is C46H44N2O8S2. The van der Waals surface area contributed by atoms with Crippen molar-refractivity contribution in [1.82, 2.24) is 0 Å². The molecule has 0 radical (unpaired) electrons. The van der Waals surface area contributed by atoms with E-state index in [0.717, 1.165) is 27.8 Å². The predicted octanol–water partition coefficient (Wildman–Crippen LogP) is 9.10. The lowest BCUT2D eigenvalue weighted by Crippen LogP contribution is -2.48. The van der Waals surface area contributed by atoms with Gasteiger partial charge in [-0.2, -0.15) is 0 Å². The van der Waals surface area contributed by atoms with Crippen LogP contribution in [0.5, 0.6) is 23.0 Å². The molecule has 0 aromatic heterocycles. The van der Waals surface area contributed by atoms with Gasteiger partial charge in [-0.1, -0.05) is 77.9 Å². The summed E-state index contributed by atoms with van der Waals surface area (Å²) in [5, 5.41) is 0. The molecule has 0 saturated heterocycles. The summed E-state index contributed by atoms with van der Waals surface area (Å²) in [5.41, 5.74) is 6.49. The van der Waals surface area contributed by atoms with Crippen LogP contribution in [0.1, 0.15) is 62.7 Å². The van der Waals surface area contributed by atoms with Crippen molar-refractivity contribution in [2.45, 2.75) is 47.4 Å². The number of rotatable bonds is 11. The Morgan fingerprint density at radius 3 is 1.67 bits per heavy atom. The molecule has 1 N–H and O–H groups in total. The number of methoxy groups -OCH3 is 4. The molecule has 58 heavy (non-hydrogen) atoms. The molecule has 1 aliphatic heterocycles. The van der Waals surface area contributed by atoms with Crippen LogP contribution in [0, 0.1) is 13.8 Å². The van der Waals surface area contributed by atoms with Crippen molar-refractivity contribution >= 4 is 31.4 Å². The van der Waals surface area contributed by atoms with E-state index in [-0.39, 0.29) is 9.79 Å². The summed E-state index contributed by atoms with van der Waals surface area (Å²) in [6.07, 6.45) is 0. The lowest BCUT2D eigenvalue weighted by molar-refractivity contribution is 0.341. The van der Waals surface area contributed by atoms with Crippen LogP contribution in [0.2, 0.25) is 0 Å². The second kappa shape index (κ2) is 15.1. The molecule has 12 heteroatoms. The minimum absolute atomic E-state index is 0.107. The van der Waals surface area contributed by atoms with Crippen molar-refractivity contribution < 1.29 is 35.8 Å². The molecule has 0 spiro atoms. The van der Waals surface area contributed by atoms with Crippen molar-refractivity contribution in [2.24, 2.45) is 0 Å². The number of hydrogen-bond acceptors (Lipinski definition) is 8. The second-order valence-electron chi connectivity index (χ2n) is 14.6. The lowest BCUT2D eigenvalue weighted by atomic mass is 9.58. The van der Waals surface area contributed by atoms with Gasteiger partial charge in [-0.25, -0.2) is 16.8 Å². The Hall–Kier alpha value is -5.98. The normalized spacial score (nSPS) is 18.4. The number of hydrogen-bond donors (Lipinski definition) is 1. The third-order valence-electron chi connectivity index (χ3n) is 11.4. The minimum Gasteiger partial charge on any atom is -0.493 e. The third-order valence-corrected chi connectivity index (χ3v) is 14.5. The number of nitrogens with zero attached hydrogens (tertiary/aromatic N) is 1. The number of nitrogens with one attached hydrogen (secondary N) is 1. The van der Waals surface area contributed by atoms with Crippen LogP contribution >= 0.6 is 0 Å². The molecule has 6 aromatic carbocycles. The van der Waals surface area contributed by atoms with Crippen LogP contribution in [-0.4, -0.2) is 45.3 Å². The van der Waals surface area contributed by atoms with Crippen LogP contribution in [0.15, 0.2) is 137 Å². The van der Waals surface area contributed by atoms with E-state index < -0.39 is 43.8 Å². The standard InChI is InChI=1S/C46H44N2O8S2/c1-28-15-20-31(21-16-28)57(49,50)47-37-13-9-7-11-33(37)45-44-34-12-8-10-14-38(34)48(58(51,52)32-22-17-29(2)18-23-32)46(45)36-27-42(56-6)41(55-5)26-35(36)43(44)30-19-24-39(53-3)40(25-30)54-4/h7-27,43-47H,1-6H3/t43-,44+,45+,46-/m1/s1. The van der Waals surface area contributed by atoms with Gasteiger partial charge in [0.1, 0.15) is 0 Å². The molecule has 4 atom stereocenters. The highest BCUT2D eigenvalue weighted by Gasteiger charge is 2.55. The lowest BCUT2D eigenvalue weighted by Gasteiger charge is -2.54. The van der Waals surface area contributed by atoms with E-state index in [2.05, 4.69) is 4.72 Å². The average molecular weight is 817 g/mol. The summed E-state index contributed by atoms with van der Waals surface area (Å²) in [7, 11) is -2.06. The predicted molar refractivity (Wildman–Crippen MR) is 225 cm³/mol. The number of fused-ring (bicyclic) bond motifs is 6. The van der Waals surface area contributed by atoms with Crippen LogP contribution in [0.4, 0.5) is 11.4 Å². The maximum absolute atomic E-state index is 15.4. The fourth-order valence-electron chi connectivity index (χ4n) is 8.69. The van der Waals surface area contributed by atoms with E-state index >= 15 is 8.42 Å². The maximum atomic E-state index is 15.4. The summed E-state index contributed by atoms with van der Waals surface area (Å²) >= 11 is 0. The summed E-state index contributed by atoms with van der Waals surface area (Å²) < 4.78 is 86.7. The molecule has 2 aliphatic rings. The Morgan fingerprint density at radius 2 is 1.05 bits per heavy atom. The molecular weight excluding hydrogens is 773 g/mol. The largest absolute Gasteiger partial charge is 0.493 e. The topological polar surface area (TPSA) is 120 Å². The van der Waals surface area contributed by atoms with E-state index in [1.165, 1.54) is 4.31 Å². The van der Waals surface area contributed by atoms with Gasteiger partial charge in [0.2, 0.25) is 0 Å².